The first-order chi connectivity index (χ1) is 10.9. The van der Waals surface area contributed by atoms with Gasteiger partial charge in [-0.05, 0) is 30.3 Å². The Hall–Kier alpha value is -2.60. The predicted octanol–water partition coefficient (Wildman–Crippen LogP) is 2.75. The van der Waals surface area contributed by atoms with Crippen molar-refractivity contribution in [3.05, 3.63) is 60.2 Å². The SMILES string of the molecule is COc1ccccc1/C=C/C(=O)Nc1cccc(S(C)(=O)=O)c1. The molecular weight excluding hydrogens is 314 g/mol. The van der Waals surface area contributed by atoms with Crippen LogP contribution in [0.15, 0.2) is 59.5 Å². The molecule has 0 radical (unpaired) electrons. The molecule has 2 rings (SSSR count). The first kappa shape index (κ1) is 16.8. The number of rotatable bonds is 5. The summed E-state index contributed by atoms with van der Waals surface area (Å²) in [7, 11) is -1.75. The molecule has 5 nitrogen and oxygen atoms in total. The van der Waals surface area contributed by atoms with E-state index < -0.39 is 9.84 Å². The van der Waals surface area contributed by atoms with Crippen LogP contribution in [-0.4, -0.2) is 27.7 Å². The van der Waals surface area contributed by atoms with Gasteiger partial charge in [0, 0.05) is 23.6 Å². The number of nitrogens with one attached hydrogen (secondary N) is 1. The predicted molar refractivity (Wildman–Crippen MR) is 90.2 cm³/mol. The molecule has 0 saturated heterocycles. The maximum absolute atomic E-state index is 12.0. The molecular formula is C17H17NO4S. The van der Waals surface area contributed by atoms with Crippen molar-refractivity contribution in [1.82, 2.24) is 0 Å². The Bertz CT molecular complexity index is 841. The number of amides is 1. The van der Waals surface area contributed by atoms with E-state index in [4.69, 9.17) is 4.74 Å². The van der Waals surface area contributed by atoms with Crippen LogP contribution < -0.4 is 10.1 Å². The van der Waals surface area contributed by atoms with Gasteiger partial charge in [-0.3, -0.25) is 4.79 Å². The second-order valence-corrected chi connectivity index (χ2v) is 6.88. The molecule has 0 heterocycles. The van der Waals surface area contributed by atoms with E-state index in [1.807, 2.05) is 18.2 Å². The van der Waals surface area contributed by atoms with Gasteiger partial charge >= 0.3 is 0 Å². The van der Waals surface area contributed by atoms with Gasteiger partial charge in [-0.2, -0.15) is 0 Å². The summed E-state index contributed by atoms with van der Waals surface area (Å²) in [5.41, 5.74) is 1.19. The second kappa shape index (κ2) is 7.11. The Balaban J connectivity index is 2.12. The number of anilines is 1. The van der Waals surface area contributed by atoms with Crippen molar-refractivity contribution in [1.29, 1.82) is 0 Å². The summed E-state index contributed by atoms with van der Waals surface area (Å²) in [6, 6.07) is 13.4. The fraction of sp³-hybridized carbons (Fsp3) is 0.118. The van der Waals surface area contributed by atoms with E-state index in [2.05, 4.69) is 5.32 Å². The number of sulfone groups is 1. The number of ether oxygens (including phenoxy) is 1. The van der Waals surface area contributed by atoms with Crippen LogP contribution in [0.3, 0.4) is 0 Å². The van der Waals surface area contributed by atoms with E-state index in [1.54, 1.807) is 31.4 Å². The number of para-hydroxylation sites is 1. The van der Waals surface area contributed by atoms with Crippen molar-refractivity contribution in [2.75, 3.05) is 18.7 Å². The molecule has 0 aliphatic heterocycles. The van der Waals surface area contributed by atoms with Gasteiger partial charge in [0.05, 0.1) is 12.0 Å². The standard InChI is InChI=1S/C17H17NO4S/c1-22-16-9-4-3-6-13(16)10-11-17(19)18-14-7-5-8-15(12-14)23(2,20)21/h3-12H,1-2H3,(H,18,19)/b11-10+. The largest absolute Gasteiger partial charge is 0.496 e. The second-order valence-electron chi connectivity index (χ2n) is 4.86. The summed E-state index contributed by atoms with van der Waals surface area (Å²) < 4.78 is 28.2. The summed E-state index contributed by atoms with van der Waals surface area (Å²) >= 11 is 0. The van der Waals surface area contributed by atoms with Crippen LogP contribution in [0.2, 0.25) is 0 Å². The fourth-order valence-corrected chi connectivity index (χ4v) is 2.62. The maximum atomic E-state index is 12.0. The van der Waals surface area contributed by atoms with Crippen LogP contribution >= 0.6 is 0 Å². The van der Waals surface area contributed by atoms with Crippen molar-refractivity contribution >= 4 is 27.5 Å². The van der Waals surface area contributed by atoms with Crippen molar-refractivity contribution in [3.8, 4) is 5.75 Å². The molecule has 0 aromatic heterocycles. The van der Waals surface area contributed by atoms with Gasteiger partial charge in [-0.1, -0.05) is 24.3 Å². The zero-order chi connectivity index (χ0) is 16.9. The molecule has 2 aromatic carbocycles. The average Bonchev–Trinajstić information content (AvgIpc) is 2.52. The molecule has 6 heteroatoms. The van der Waals surface area contributed by atoms with Gasteiger partial charge in [-0.25, -0.2) is 8.42 Å². The Morgan fingerprint density at radius 3 is 2.57 bits per heavy atom. The van der Waals surface area contributed by atoms with Crippen LogP contribution in [-0.2, 0) is 14.6 Å². The van der Waals surface area contributed by atoms with Crippen LogP contribution in [0, 0.1) is 0 Å². The monoisotopic (exact) mass is 331 g/mol. The number of benzene rings is 2. The first-order valence-corrected chi connectivity index (χ1v) is 8.71. The lowest BCUT2D eigenvalue weighted by atomic mass is 10.2. The highest BCUT2D eigenvalue weighted by atomic mass is 32.2. The third-order valence-corrected chi connectivity index (χ3v) is 4.19. The van der Waals surface area contributed by atoms with E-state index in [-0.39, 0.29) is 10.8 Å². The van der Waals surface area contributed by atoms with Crippen LogP contribution in [0.1, 0.15) is 5.56 Å². The number of carbonyl (C=O) groups is 1. The molecule has 0 aliphatic carbocycles. The minimum Gasteiger partial charge on any atom is -0.496 e. The summed E-state index contributed by atoms with van der Waals surface area (Å²) in [5.74, 6) is 0.303. The lowest BCUT2D eigenvalue weighted by Gasteiger charge is -2.05. The van der Waals surface area contributed by atoms with Gasteiger partial charge in [0.2, 0.25) is 5.91 Å². The van der Waals surface area contributed by atoms with E-state index in [0.717, 1.165) is 11.8 Å². The number of hydrogen-bond donors (Lipinski definition) is 1. The van der Waals surface area contributed by atoms with E-state index in [1.165, 1.54) is 18.2 Å². The van der Waals surface area contributed by atoms with Crippen LogP contribution in [0.4, 0.5) is 5.69 Å². The summed E-state index contributed by atoms with van der Waals surface area (Å²) in [4.78, 5) is 12.1. The smallest absolute Gasteiger partial charge is 0.248 e. The van der Waals surface area contributed by atoms with Crippen LogP contribution in [0.25, 0.3) is 6.08 Å². The highest BCUT2D eigenvalue weighted by Gasteiger charge is 2.08. The Morgan fingerprint density at radius 1 is 1.13 bits per heavy atom. The topological polar surface area (TPSA) is 72.5 Å². The lowest BCUT2D eigenvalue weighted by molar-refractivity contribution is -0.111. The summed E-state index contributed by atoms with van der Waals surface area (Å²) in [6.45, 7) is 0. The maximum Gasteiger partial charge on any atom is 0.248 e. The molecule has 0 saturated carbocycles. The summed E-state index contributed by atoms with van der Waals surface area (Å²) in [5, 5.41) is 2.63. The zero-order valence-electron chi connectivity index (χ0n) is 12.8. The fourth-order valence-electron chi connectivity index (χ4n) is 1.96. The zero-order valence-corrected chi connectivity index (χ0v) is 13.6. The van der Waals surface area contributed by atoms with Crippen molar-refractivity contribution in [2.24, 2.45) is 0 Å². The van der Waals surface area contributed by atoms with Crippen molar-refractivity contribution < 1.29 is 17.9 Å². The molecule has 1 amide bonds. The molecule has 1 N–H and O–H groups in total. The number of carbonyl (C=O) groups excluding carboxylic acids is 1. The van der Waals surface area contributed by atoms with Gasteiger partial charge in [0.25, 0.3) is 0 Å². The molecule has 0 bridgehead atoms. The molecule has 23 heavy (non-hydrogen) atoms. The molecule has 0 spiro atoms. The van der Waals surface area contributed by atoms with Gasteiger partial charge in [-0.15, -0.1) is 0 Å². The number of methoxy groups -OCH3 is 1. The Morgan fingerprint density at radius 2 is 1.87 bits per heavy atom. The van der Waals surface area contributed by atoms with Gasteiger partial charge in [0.15, 0.2) is 9.84 Å². The average molecular weight is 331 g/mol. The van der Waals surface area contributed by atoms with E-state index in [0.29, 0.717) is 11.4 Å². The quantitative estimate of drug-likeness (QED) is 0.855. The third-order valence-electron chi connectivity index (χ3n) is 3.08. The molecule has 2 aromatic rings. The highest BCUT2D eigenvalue weighted by Crippen LogP contribution is 2.19. The normalized spacial score (nSPS) is 11.4. The Kier molecular flexibility index (Phi) is 5.18. The minimum absolute atomic E-state index is 0.156. The molecule has 0 aliphatic rings. The van der Waals surface area contributed by atoms with Crippen molar-refractivity contribution in [2.45, 2.75) is 4.90 Å². The molecule has 0 atom stereocenters. The van der Waals surface area contributed by atoms with Crippen molar-refractivity contribution in [3.63, 3.8) is 0 Å². The molecule has 0 unspecified atom stereocenters. The Labute approximate surface area is 135 Å². The minimum atomic E-state index is -3.31. The van der Waals surface area contributed by atoms with E-state index >= 15 is 0 Å². The third kappa shape index (κ3) is 4.69. The lowest BCUT2D eigenvalue weighted by Crippen LogP contribution is -2.08. The molecule has 0 fully saturated rings. The summed E-state index contributed by atoms with van der Waals surface area (Å²) in [6.07, 6.45) is 4.12. The van der Waals surface area contributed by atoms with E-state index in [9.17, 15) is 13.2 Å². The number of hydrogen-bond acceptors (Lipinski definition) is 4. The first-order valence-electron chi connectivity index (χ1n) is 6.82. The van der Waals surface area contributed by atoms with Gasteiger partial charge in [0.1, 0.15) is 5.75 Å². The van der Waals surface area contributed by atoms with Gasteiger partial charge < -0.3 is 10.1 Å². The highest BCUT2D eigenvalue weighted by molar-refractivity contribution is 7.90. The van der Waals surface area contributed by atoms with Crippen LogP contribution in [0.5, 0.6) is 5.75 Å². The molecule has 120 valence electrons.